The van der Waals surface area contributed by atoms with Crippen LogP contribution in [0.3, 0.4) is 0 Å². The summed E-state index contributed by atoms with van der Waals surface area (Å²) in [6.45, 7) is 1.39. The quantitative estimate of drug-likeness (QED) is 0.529. The van der Waals surface area contributed by atoms with E-state index >= 15 is 0 Å². The zero-order valence-corrected chi connectivity index (χ0v) is 17.0. The molecule has 4 nitrogen and oxygen atoms in total. The second kappa shape index (κ2) is 7.71. The monoisotopic (exact) mass is 396 g/mol. The third kappa shape index (κ3) is 3.45. The molecule has 1 aliphatic rings. The molecule has 0 aliphatic carbocycles. The number of aromatic amines is 1. The average Bonchev–Trinajstić information content (AvgIpc) is 3.17. The van der Waals surface area contributed by atoms with E-state index < -0.39 is 0 Å². The van der Waals surface area contributed by atoms with E-state index in [-0.39, 0.29) is 5.91 Å². The molecule has 2 heterocycles. The van der Waals surface area contributed by atoms with Crippen molar-refractivity contribution in [2.75, 3.05) is 13.7 Å². The molecule has 0 spiro atoms. The van der Waals surface area contributed by atoms with Crippen molar-refractivity contribution in [3.63, 3.8) is 0 Å². The number of ether oxygens (including phenoxy) is 1. The zero-order valence-electron chi connectivity index (χ0n) is 17.0. The number of carbonyl (C=O) groups excluding carboxylic acids is 1. The SMILES string of the molecule is COc1ccc2[nH]c3c(c2c1)CN(C(=O)Cc1ccc(-c2ccccc2)cc1)CC3. The van der Waals surface area contributed by atoms with Crippen molar-refractivity contribution < 1.29 is 9.53 Å². The normalized spacial score (nSPS) is 13.3. The molecule has 0 saturated carbocycles. The Morgan fingerprint density at radius 2 is 1.77 bits per heavy atom. The minimum atomic E-state index is 0.172. The Balaban J connectivity index is 1.32. The number of rotatable bonds is 4. The highest BCUT2D eigenvalue weighted by molar-refractivity contribution is 5.87. The van der Waals surface area contributed by atoms with Crippen LogP contribution in [0, 0.1) is 0 Å². The fourth-order valence-corrected chi connectivity index (χ4v) is 4.27. The first kappa shape index (κ1) is 18.5. The Morgan fingerprint density at radius 1 is 1.00 bits per heavy atom. The molecule has 1 amide bonds. The van der Waals surface area contributed by atoms with Crippen LogP contribution >= 0.6 is 0 Å². The molecular formula is C26H24N2O2. The molecule has 0 unspecified atom stereocenters. The van der Waals surface area contributed by atoms with E-state index in [2.05, 4.69) is 47.4 Å². The fourth-order valence-electron chi connectivity index (χ4n) is 4.27. The van der Waals surface area contributed by atoms with Gasteiger partial charge in [-0.2, -0.15) is 0 Å². The van der Waals surface area contributed by atoms with Gasteiger partial charge in [0.25, 0.3) is 0 Å². The number of fused-ring (bicyclic) bond motifs is 3. The molecule has 0 bridgehead atoms. The van der Waals surface area contributed by atoms with Gasteiger partial charge in [-0.3, -0.25) is 4.79 Å². The number of hydrogen-bond acceptors (Lipinski definition) is 2. The van der Waals surface area contributed by atoms with E-state index in [9.17, 15) is 4.79 Å². The molecule has 30 heavy (non-hydrogen) atoms. The lowest BCUT2D eigenvalue weighted by Gasteiger charge is -2.27. The van der Waals surface area contributed by atoms with Crippen LogP contribution in [-0.4, -0.2) is 29.4 Å². The van der Waals surface area contributed by atoms with Gasteiger partial charge in [0.05, 0.1) is 13.5 Å². The number of aromatic nitrogens is 1. The smallest absolute Gasteiger partial charge is 0.227 e. The molecular weight excluding hydrogens is 372 g/mol. The standard InChI is InChI=1S/C26H24N2O2/c1-30-21-11-12-24-22(16-21)23-17-28(14-13-25(23)27-24)26(29)15-18-7-9-20(10-8-18)19-5-3-2-4-6-19/h2-12,16,27H,13-15,17H2,1H3. The lowest BCUT2D eigenvalue weighted by atomic mass is 10.0. The summed E-state index contributed by atoms with van der Waals surface area (Å²) in [7, 11) is 1.68. The number of nitrogens with one attached hydrogen (secondary N) is 1. The molecule has 0 atom stereocenters. The van der Waals surface area contributed by atoms with Crippen molar-refractivity contribution in [3.8, 4) is 16.9 Å². The number of hydrogen-bond donors (Lipinski definition) is 1. The van der Waals surface area contributed by atoms with E-state index in [4.69, 9.17) is 4.74 Å². The van der Waals surface area contributed by atoms with E-state index in [1.54, 1.807) is 7.11 Å². The van der Waals surface area contributed by atoms with Crippen LogP contribution in [0.1, 0.15) is 16.8 Å². The highest BCUT2D eigenvalue weighted by Gasteiger charge is 2.24. The predicted molar refractivity (Wildman–Crippen MR) is 120 cm³/mol. The number of benzene rings is 3. The summed E-state index contributed by atoms with van der Waals surface area (Å²) >= 11 is 0. The van der Waals surface area contributed by atoms with Gasteiger partial charge in [0.15, 0.2) is 0 Å². The average molecular weight is 396 g/mol. The summed E-state index contributed by atoms with van der Waals surface area (Å²) in [6, 6.07) is 24.7. The van der Waals surface area contributed by atoms with Crippen molar-refractivity contribution in [1.29, 1.82) is 0 Å². The number of H-pyrrole nitrogens is 1. The molecule has 0 fully saturated rings. The van der Waals surface area contributed by atoms with Gasteiger partial charge in [0.2, 0.25) is 5.91 Å². The number of amides is 1. The maximum absolute atomic E-state index is 13.0. The van der Waals surface area contributed by atoms with Crippen molar-refractivity contribution in [3.05, 3.63) is 89.6 Å². The first-order valence-electron chi connectivity index (χ1n) is 10.3. The van der Waals surface area contributed by atoms with Crippen molar-refractivity contribution in [2.24, 2.45) is 0 Å². The Morgan fingerprint density at radius 3 is 2.53 bits per heavy atom. The topological polar surface area (TPSA) is 45.3 Å². The minimum Gasteiger partial charge on any atom is -0.497 e. The molecule has 4 aromatic rings. The summed E-state index contributed by atoms with van der Waals surface area (Å²) in [6.07, 6.45) is 1.28. The third-order valence-electron chi connectivity index (χ3n) is 5.95. The summed E-state index contributed by atoms with van der Waals surface area (Å²) in [5, 5.41) is 1.15. The van der Waals surface area contributed by atoms with E-state index in [1.165, 1.54) is 22.4 Å². The van der Waals surface area contributed by atoms with Gasteiger partial charge in [-0.05, 0) is 34.9 Å². The maximum Gasteiger partial charge on any atom is 0.227 e. The van der Waals surface area contributed by atoms with E-state index in [0.717, 1.165) is 35.2 Å². The number of nitrogens with zero attached hydrogens (tertiary/aromatic N) is 1. The summed E-state index contributed by atoms with van der Waals surface area (Å²) in [5.41, 5.74) is 6.95. The molecule has 150 valence electrons. The van der Waals surface area contributed by atoms with Crippen LogP contribution in [-0.2, 0) is 24.2 Å². The molecule has 5 rings (SSSR count). The number of methoxy groups -OCH3 is 1. The lowest BCUT2D eigenvalue weighted by molar-refractivity contribution is -0.131. The van der Waals surface area contributed by atoms with Crippen molar-refractivity contribution >= 4 is 16.8 Å². The van der Waals surface area contributed by atoms with Gasteiger partial charge in [-0.1, -0.05) is 54.6 Å². The minimum absolute atomic E-state index is 0.172. The van der Waals surface area contributed by atoms with Crippen LogP contribution < -0.4 is 4.74 Å². The first-order valence-corrected chi connectivity index (χ1v) is 10.3. The molecule has 4 heteroatoms. The number of carbonyl (C=O) groups is 1. The lowest BCUT2D eigenvalue weighted by Crippen LogP contribution is -2.36. The third-order valence-corrected chi connectivity index (χ3v) is 5.95. The first-order chi connectivity index (χ1) is 14.7. The fraction of sp³-hybridized carbons (Fsp3) is 0.192. The van der Waals surface area contributed by atoms with E-state index in [1.807, 2.05) is 35.2 Å². The molecule has 1 aromatic heterocycles. The van der Waals surface area contributed by atoms with Gasteiger partial charge in [-0.25, -0.2) is 0 Å². The Labute approximate surface area is 176 Å². The van der Waals surface area contributed by atoms with Crippen LogP contribution in [0.15, 0.2) is 72.8 Å². The summed E-state index contributed by atoms with van der Waals surface area (Å²) in [4.78, 5) is 18.5. The maximum atomic E-state index is 13.0. The van der Waals surface area contributed by atoms with Crippen LogP contribution in [0.2, 0.25) is 0 Å². The second-order valence-electron chi connectivity index (χ2n) is 7.80. The van der Waals surface area contributed by atoms with Crippen LogP contribution in [0.4, 0.5) is 0 Å². The second-order valence-corrected chi connectivity index (χ2v) is 7.80. The molecule has 0 saturated heterocycles. The largest absolute Gasteiger partial charge is 0.497 e. The zero-order chi connectivity index (χ0) is 20.5. The van der Waals surface area contributed by atoms with Crippen LogP contribution in [0.5, 0.6) is 5.75 Å². The van der Waals surface area contributed by atoms with Gasteiger partial charge in [-0.15, -0.1) is 0 Å². The molecule has 0 radical (unpaired) electrons. The Bertz CT molecular complexity index is 1190. The van der Waals surface area contributed by atoms with E-state index in [0.29, 0.717) is 13.0 Å². The highest BCUT2D eigenvalue weighted by Crippen LogP contribution is 2.30. The molecule has 1 N–H and O–H groups in total. The van der Waals surface area contributed by atoms with Crippen LogP contribution in [0.25, 0.3) is 22.0 Å². The Hall–Kier alpha value is -3.53. The predicted octanol–water partition coefficient (Wildman–Crippen LogP) is 4.97. The Kier molecular flexibility index (Phi) is 4.75. The molecule has 1 aliphatic heterocycles. The van der Waals surface area contributed by atoms with Crippen molar-refractivity contribution in [2.45, 2.75) is 19.4 Å². The van der Waals surface area contributed by atoms with Gasteiger partial charge in [0, 0.05) is 41.7 Å². The summed E-state index contributed by atoms with van der Waals surface area (Å²) in [5.74, 6) is 1.01. The highest BCUT2D eigenvalue weighted by atomic mass is 16.5. The summed E-state index contributed by atoms with van der Waals surface area (Å²) < 4.78 is 5.38. The van der Waals surface area contributed by atoms with Gasteiger partial charge >= 0.3 is 0 Å². The van der Waals surface area contributed by atoms with Gasteiger partial charge in [0.1, 0.15) is 5.75 Å². The molecule has 3 aromatic carbocycles. The van der Waals surface area contributed by atoms with Gasteiger partial charge < -0.3 is 14.6 Å². The van der Waals surface area contributed by atoms with Crippen molar-refractivity contribution in [1.82, 2.24) is 9.88 Å².